The van der Waals surface area contributed by atoms with E-state index >= 15 is 0 Å². The SMILES string of the molecule is Cc1ccc2nc(SCC(=O)Nc3ccc(C(C)C)cc3)[nH]c2c1. The highest BCUT2D eigenvalue weighted by molar-refractivity contribution is 7.99. The summed E-state index contributed by atoms with van der Waals surface area (Å²) in [7, 11) is 0. The molecule has 0 saturated heterocycles. The molecule has 0 fully saturated rings. The maximum Gasteiger partial charge on any atom is 0.234 e. The summed E-state index contributed by atoms with van der Waals surface area (Å²) < 4.78 is 0. The van der Waals surface area contributed by atoms with Gasteiger partial charge in [0.15, 0.2) is 5.16 Å². The molecule has 1 amide bonds. The number of carbonyl (C=O) groups is 1. The molecule has 1 heterocycles. The van der Waals surface area contributed by atoms with Gasteiger partial charge in [-0.2, -0.15) is 0 Å². The number of aryl methyl sites for hydroxylation is 1. The molecule has 2 N–H and O–H groups in total. The van der Waals surface area contributed by atoms with Gasteiger partial charge in [-0.05, 0) is 48.2 Å². The second-order valence-electron chi connectivity index (χ2n) is 6.18. The molecule has 0 bridgehead atoms. The topological polar surface area (TPSA) is 57.8 Å². The Morgan fingerprint density at radius 3 is 2.67 bits per heavy atom. The van der Waals surface area contributed by atoms with Gasteiger partial charge < -0.3 is 10.3 Å². The molecular formula is C19H21N3OS. The number of hydrogen-bond acceptors (Lipinski definition) is 3. The summed E-state index contributed by atoms with van der Waals surface area (Å²) >= 11 is 1.41. The number of hydrogen-bond donors (Lipinski definition) is 2. The van der Waals surface area contributed by atoms with Gasteiger partial charge in [0, 0.05) is 5.69 Å². The molecule has 3 rings (SSSR count). The van der Waals surface area contributed by atoms with Crippen LogP contribution < -0.4 is 5.32 Å². The summed E-state index contributed by atoms with van der Waals surface area (Å²) in [5.74, 6) is 0.779. The monoisotopic (exact) mass is 339 g/mol. The number of rotatable bonds is 5. The molecule has 0 atom stereocenters. The third-order valence-corrected chi connectivity index (χ3v) is 4.69. The Morgan fingerprint density at radius 1 is 1.21 bits per heavy atom. The predicted octanol–water partition coefficient (Wildman–Crippen LogP) is 4.73. The molecule has 0 unspecified atom stereocenters. The van der Waals surface area contributed by atoms with Crippen LogP contribution in [0.25, 0.3) is 11.0 Å². The summed E-state index contributed by atoms with van der Waals surface area (Å²) in [6, 6.07) is 14.1. The van der Waals surface area contributed by atoms with Crippen LogP contribution in [-0.4, -0.2) is 21.6 Å². The molecule has 3 aromatic rings. The number of imidazole rings is 1. The number of nitrogens with one attached hydrogen (secondary N) is 2. The molecule has 0 radical (unpaired) electrons. The van der Waals surface area contributed by atoms with Gasteiger partial charge in [0.1, 0.15) is 0 Å². The maximum absolute atomic E-state index is 12.1. The van der Waals surface area contributed by atoms with Crippen molar-refractivity contribution in [2.75, 3.05) is 11.1 Å². The van der Waals surface area contributed by atoms with Crippen LogP contribution in [-0.2, 0) is 4.79 Å². The fraction of sp³-hybridized carbons (Fsp3) is 0.263. The van der Waals surface area contributed by atoms with Crippen LogP contribution in [0.3, 0.4) is 0 Å². The largest absolute Gasteiger partial charge is 0.333 e. The first-order valence-electron chi connectivity index (χ1n) is 8.00. The zero-order chi connectivity index (χ0) is 17.1. The van der Waals surface area contributed by atoms with Crippen LogP contribution in [0, 0.1) is 6.92 Å². The second kappa shape index (κ2) is 7.09. The van der Waals surface area contributed by atoms with Gasteiger partial charge in [-0.3, -0.25) is 4.79 Å². The summed E-state index contributed by atoms with van der Waals surface area (Å²) in [5, 5.41) is 3.68. The van der Waals surface area contributed by atoms with E-state index in [0.717, 1.165) is 21.9 Å². The van der Waals surface area contributed by atoms with Crippen molar-refractivity contribution in [3.05, 3.63) is 53.6 Å². The van der Waals surface area contributed by atoms with Crippen LogP contribution in [0.1, 0.15) is 30.9 Å². The van der Waals surface area contributed by atoms with Gasteiger partial charge >= 0.3 is 0 Å². The fourth-order valence-corrected chi connectivity index (χ4v) is 3.14. The van der Waals surface area contributed by atoms with Crippen molar-refractivity contribution in [2.24, 2.45) is 0 Å². The first-order chi connectivity index (χ1) is 11.5. The quantitative estimate of drug-likeness (QED) is 0.661. The van der Waals surface area contributed by atoms with Crippen molar-refractivity contribution in [1.29, 1.82) is 0 Å². The molecule has 0 spiro atoms. The fourth-order valence-electron chi connectivity index (χ4n) is 2.45. The Balaban J connectivity index is 1.58. The van der Waals surface area contributed by atoms with E-state index in [1.165, 1.54) is 22.9 Å². The highest BCUT2D eigenvalue weighted by Gasteiger charge is 2.08. The smallest absolute Gasteiger partial charge is 0.234 e. The number of amides is 1. The number of carbonyl (C=O) groups excluding carboxylic acids is 1. The first kappa shape index (κ1) is 16.6. The lowest BCUT2D eigenvalue weighted by atomic mass is 10.0. The molecule has 2 aromatic carbocycles. The minimum Gasteiger partial charge on any atom is -0.333 e. The number of anilines is 1. The van der Waals surface area contributed by atoms with Crippen molar-refractivity contribution >= 4 is 34.4 Å². The standard InChI is InChI=1S/C19H21N3OS/c1-12(2)14-5-7-15(8-6-14)20-18(23)11-24-19-21-16-9-4-13(3)10-17(16)22-19/h4-10,12H,11H2,1-3H3,(H,20,23)(H,21,22). The predicted molar refractivity (Wildman–Crippen MR) is 101 cm³/mol. The van der Waals surface area contributed by atoms with E-state index in [1.807, 2.05) is 31.2 Å². The number of benzene rings is 2. The zero-order valence-electron chi connectivity index (χ0n) is 14.1. The molecule has 5 heteroatoms. The van der Waals surface area contributed by atoms with Crippen molar-refractivity contribution in [2.45, 2.75) is 31.8 Å². The summed E-state index contributed by atoms with van der Waals surface area (Å²) in [6.07, 6.45) is 0. The normalized spacial score (nSPS) is 11.2. The van der Waals surface area contributed by atoms with Gasteiger partial charge in [-0.15, -0.1) is 0 Å². The Kier molecular flexibility index (Phi) is 4.90. The number of thioether (sulfide) groups is 1. The van der Waals surface area contributed by atoms with Crippen molar-refractivity contribution < 1.29 is 4.79 Å². The van der Waals surface area contributed by atoms with E-state index in [2.05, 4.69) is 47.3 Å². The first-order valence-corrected chi connectivity index (χ1v) is 8.99. The number of H-pyrrole nitrogens is 1. The Bertz CT molecular complexity index is 853. The van der Waals surface area contributed by atoms with Crippen molar-refractivity contribution in [1.82, 2.24) is 9.97 Å². The molecule has 0 saturated carbocycles. The van der Waals surface area contributed by atoms with Gasteiger partial charge in [0.2, 0.25) is 5.91 Å². The van der Waals surface area contributed by atoms with Crippen LogP contribution in [0.4, 0.5) is 5.69 Å². The molecular weight excluding hydrogens is 318 g/mol. The lowest BCUT2D eigenvalue weighted by Gasteiger charge is -2.08. The third kappa shape index (κ3) is 3.97. The average molecular weight is 339 g/mol. The molecule has 1 aromatic heterocycles. The minimum absolute atomic E-state index is 0.0334. The number of fused-ring (bicyclic) bond motifs is 1. The second-order valence-corrected chi connectivity index (χ2v) is 7.14. The van der Waals surface area contributed by atoms with Gasteiger partial charge in [0.05, 0.1) is 16.8 Å². The van der Waals surface area contributed by atoms with E-state index in [0.29, 0.717) is 11.7 Å². The maximum atomic E-state index is 12.1. The third-order valence-electron chi connectivity index (χ3n) is 3.82. The van der Waals surface area contributed by atoms with E-state index in [1.54, 1.807) is 0 Å². The molecule has 24 heavy (non-hydrogen) atoms. The molecule has 0 aliphatic heterocycles. The van der Waals surface area contributed by atoms with Gasteiger partial charge in [-0.25, -0.2) is 4.98 Å². The van der Waals surface area contributed by atoms with E-state index in [-0.39, 0.29) is 5.91 Å². The Labute approximate surface area is 146 Å². The molecule has 0 aliphatic rings. The lowest BCUT2D eigenvalue weighted by molar-refractivity contribution is -0.113. The number of aromatic nitrogens is 2. The number of nitrogens with zero attached hydrogens (tertiary/aromatic N) is 1. The molecule has 0 aliphatic carbocycles. The summed E-state index contributed by atoms with van der Waals surface area (Å²) in [5.41, 5.74) is 5.20. The van der Waals surface area contributed by atoms with E-state index < -0.39 is 0 Å². The summed E-state index contributed by atoms with van der Waals surface area (Å²) in [4.78, 5) is 19.8. The van der Waals surface area contributed by atoms with Crippen LogP contribution >= 0.6 is 11.8 Å². The van der Waals surface area contributed by atoms with Crippen molar-refractivity contribution in [3.8, 4) is 0 Å². The van der Waals surface area contributed by atoms with E-state index in [4.69, 9.17) is 0 Å². The average Bonchev–Trinajstić information content (AvgIpc) is 2.95. The molecule has 4 nitrogen and oxygen atoms in total. The van der Waals surface area contributed by atoms with Crippen molar-refractivity contribution in [3.63, 3.8) is 0 Å². The highest BCUT2D eigenvalue weighted by Crippen LogP contribution is 2.21. The van der Waals surface area contributed by atoms with Gasteiger partial charge in [0.25, 0.3) is 0 Å². The Morgan fingerprint density at radius 2 is 1.96 bits per heavy atom. The zero-order valence-corrected chi connectivity index (χ0v) is 14.9. The Hall–Kier alpha value is -2.27. The van der Waals surface area contributed by atoms with Crippen LogP contribution in [0.5, 0.6) is 0 Å². The minimum atomic E-state index is -0.0334. The molecule has 124 valence electrons. The number of aromatic amines is 1. The lowest BCUT2D eigenvalue weighted by Crippen LogP contribution is -2.14. The van der Waals surface area contributed by atoms with Crippen LogP contribution in [0.15, 0.2) is 47.6 Å². The van der Waals surface area contributed by atoms with E-state index in [9.17, 15) is 4.79 Å². The highest BCUT2D eigenvalue weighted by atomic mass is 32.2. The van der Waals surface area contributed by atoms with Crippen LogP contribution in [0.2, 0.25) is 0 Å². The summed E-state index contributed by atoms with van der Waals surface area (Å²) in [6.45, 7) is 6.35. The van der Waals surface area contributed by atoms with Gasteiger partial charge in [-0.1, -0.05) is 43.8 Å².